The van der Waals surface area contributed by atoms with Gasteiger partial charge in [-0.2, -0.15) is 0 Å². The molecule has 2 aromatic carbocycles. The number of hydrogen-bond acceptors (Lipinski definition) is 4. The average molecular weight is 373 g/mol. The summed E-state index contributed by atoms with van der Waals surface area (Å²) < 4.78 is 0. The molecule has 6 nitrogen and oxygen atoms in total. The number of likely N-dealkylation sites (tertiary alicyclic amines) is 1. The molecular weight excluding hydrogens is 356 g/mol. The maximum atomic E-state index is 12.8. The molecule has 0 unspecified atom stereocenters. The molecule has 0 aromatic heterocycles. The highest BCUT2D eigenvalue weighted by Gasteiger charge is 2.38. The largest absolute Gasteiger partial charge is 0.480 e. The molecule has 7 heteroatoms. The van der Waals surface area contributed by atoms with Crippen molar-refractivity contribution in [2.45, 2.75) is 12.5 Å². The molecule has 0 aliphatic carbocycles. The van der Waals surface area contributed by atoms with Crippen molar-refractivity contribution in [1.29, 1.82) is 0 Å². The molecule has 2 aromatic rings. The highest BCUT2D eigenvalue weighted by molar-refractivity contribution is 6.33. The Labute approximate surface area is 155 Å². The summed E-state index contributed by atoms with van der Waals surface area (Å²) in [6.45, 7) is 0.135. The molecule has 0 saturated carbocycles. The van der Waals surface area contributed by atoms with Crippen LogP contribution in [0.2, 0.25) is 5.02 Å². The molecule has 1 N–H and O–H groups in total. The summed E-state index contributed by atoms with van der Waals surface area (Å²) in [4.78, 5) is 30.2. The fourth-order valence-corrected chi connectivity index (χ4v) is 3.23. The van der Waals surface area contributed by atoms with Crippen LogP contribution < -0.4 is 0 Å². The lowest BCUT2D eigenvalue weighted by atomic mass is 10.0. The zero-order chi connectivity index (χ0) is 18.7. The number of nitrogens with zero attached hydrogens (tertiary/aromatic N) is 2. The smallest absolute Gasteiger partial charge is 0.326 e. The van der Waals surface area contributed by atoms with Gasteiger partial charge in [-0.3, -0.25) is 4.79 Å². The number of amides is 1. The molecule has 1 aliphatic heterocycles. The quantitative estimate of drug-likeness (QED) is 0.835. The molecule has 0 radical (unpaired) electrons. The SMILES string of the molecule is CO/N=C1\C[C@@H](C(=O)O)N(C(=O)c2ccc(-c3ccccc3Cl)cc2)C1. The van der Waals surface area contributed by atoms with E-state index in [1.165, 1.54) is 12.0 Å². The predicted octanol–water partition coefficient (Wildman–Crippen LogP) is 3.31. The van der Waals surface area contributed by atoms with Crippen molar-refractivity contribution in [1.82, 2.24) is 4.90 Å². The van der Waals surface area contributed by atoms with Gasteiger partial charge in [-0.15, -0.1) is 0 Å². The van der Waals surface area contributed by atoms with Crippen molar-refractivity contribution in [2.24, 2.45) is 5.16 Å². The van der Waals surface area contributed by atoms with E-state index < -0.39 is 12.0 Å². The van der Waals surface area contributed by atoms with Gasteiger partial charge in [0.25, 0.3) is 5.91 Å². The highest BCUT2D eigenvalue weighted by atomic mass is 35.5. The summed E-state index contributed by atoms with van der Waals surface area (Å²) in [6.07, 6.45) is 0.159. The van der Waals surface area contributed by atoms with Gasteiger partial charge in [0.2, 0.25) is 0 Å². The first-order chi connectivity index (χ1) is 12.5. The molecule has 1 saturated heterocycles. The molecule has 0 spiro atoms. The van der Waals surface area contributed by atoms with Crippen molar-refractivity contribution in [3.05, 3.63) is 59.1 Å². The minimum absolute atomic E-state index is 0.135. The van der Waals surface area contributed by atoms with Crippen LogP contribution in [0.15, 0.2) is 53.7 Å². The van der Waals surface area contributed by atoms with Gasteiger partial charge in [0.05, 0.1) is 12.3 Å². The first-order valence-corrected chi connectivity index (χ1v) is 8.36. The molecule has 0 bridgehead atoms. The average Bonchev–Trinajstić information content (AvgIpc) is 3.06. The first kappa shape index (κ1) is 17.9. The highest BCUT2D eigenvalue weighted by Crippen LogP contribution is 2.28. The van der Waals surface area contributed by atoms with Gasteiger partial charge in [0, 0.05) is 22.6 Å². The number of carbonyl (C=O) groups is 2. The van der Waals surface area contributed by atoms with E-state index >= 15 is 0 Å². The van der Waals surface area contributed by atoms with E-state index in [1.807, 2.05) is 18.2 Å². The summed E-state index contributed by atoms with van der Waals surface area (Å²) >= 11 is 6.20. The maximum absolute atomic E-state index is 12.8. The predicted molar refractivity (Wildman–Crippen MR) is 98.4 cm³/mol. The Bertz CT molecular complexity index is 864. The standard InChI is InChI=1S/C19H17ClN2O4/c1-26-21-14-10-17(19(24)25)22(11-14)18(23)13-8-6-12(7-9-13)15-4-2-3-5-16(15)20/h2-9,17H,10-11H2,1H3,(H,24,25)/b21-14+/t17-/m0/s1. The molecule has 1 heterocycles. The molecule has 1 aliphatic rings. The second-order valence-electron chi connectivity index (χ2n) is 5.89. The third-order valence-corrected chi connectivity index (χ3v) is 4.57. The molecule has 1 atom stereocenters. The minimum atomic E-state index is -1.06. The van der Waals surface area contributed by atoms with Gasteiger partial charge < -0.3 is 14.8 Å². The normalized spacial score (nSPS) is 18.2. The fourth-order valence-electron chi connectivity index (χ4n) is 2.99. The number of benzene rings is 2. The molecule has 1 fully saturated rings. The number of hydrogen-bond donors (Lipinski definition) is 1. The Balaban J connectivity index is 1.85. The van der Waals surface area contributed by atoms with Crippen molar-refractivity contribution in [3.63, 3.8) is 0 Å². The van der Waals surface area contributed by atoms with E-state index in [0.717, 1.165) is 11.1 Å². The van der Waals surface area contributed by atoms with Gasteiger partial charge in [0.15, 0.2) is 0 Å². The molecule has 1 amide bonds. The zero-order valence-corrected chi connectivity index (χ0v) is 14.8. The second-order valence-corrected chi connectivity index (χ2v) is 6.30. The summed E-state index contributed by atoms with van der Waals surface area (Å²) in [7, 11) is 1.39. The molecular formula is C19H17ClN2O4. The Morgan fingerprint density at radius 2 is 1.88 bits per heavy atom. The van der Waals surface area contributed by atoms with Crippen LogP contribution in [0, 0.1) is 0 Å². The third-order valence-electron chi connectivity index (χ3n) is 4.24. The van der Waals surface area contributed by atoms with Gasteiger partial charge in [-0.25, -0.2) is 4.79 Å². The van der Waals surface area contributed by atoms with Crippen LogP contribution in [0.3, 0.4) is 0 Å². The van der Waals surface area contributed by atoms with E-state index in [4.69, 9.17) is 16.4 Å². The van der Waals surface area contributed by atoms with Crippen LogP contribution in [0.1, 0.15) is 16.8 Å². The number of carbonyl (C=O) groups excluding carboxylic acids is 1. The lowest BCUT2D eigenvalue weighted by molar-refractivity contribution is -0.141. The summed E-state index contributed by atoms with van der Waals surface area (Å²) in [6, 6.07) is 13.4. The Morgan fingerprint density at radius 1 is 1.19 bits per heavy atom. The zero-order valence-electron chi connectivity index (χ0n) is 14.1. The second kappa shape index (κ2) is 7.58. The van der Waals surface area contributed by atoms with Gasteiger partial charge >= 0.3 is 5.97 Å². The van der Waals surface area contributed by atoms with E-state index in [2.05, 4.69) is 5.16 Å². The van der Waals surface area contributed by atoms with Crippen LogP contribution in [-0.2, 0) is 9.63 Å². The fraction of sp³-hybridized carbons (Fsp3) is 0.211. The number of rotatable bonds is 4. The number of oxime groups is 1. The lowest BCUT2D eigenvalue weighted by Gasteiger charge is -2.20. The van der Waals surface area contributed by atoms with E-state index in [0.29, 0.717) is 16.3 Å². The lowest BCUT2D eigenvalue weighted by Crippen LogP contribution is -2.40. The number of aliphatic carboxylic acids is 1. The number of halogens is 1. The Hall–Kier alpha value is -2.86. The van der Waals surface area contributed by atoms with Gasteiger partial charge in [-0.1, -0.05) is 47.1 Å². The van der Waals surface area contributed by atoms with Crippen LogP contribution >= 0.6 is 11.6 Å². The summed E-state index contributed by atoms with van der Waals surface area (Å²) in [5, 5.41) is 13.8. The monoisotopic (exact) mass is 372 g/mol. The number of carboxylic acid groups (broad SMARTS) is 1. The third kappa shape index (κ3) is 3.55. The van der Waals surface area contributed by atoms with E-state index in [-0.39, 0.29) is 18.9 Å². The van der Waals surface area contributed by atoms with E-state index in [9.17, 15) is 14.7 Å². The minimum Gasteiger partial charge on any atom is -0.480 e. The van der Waals surface area contributed by atoms with Gasteiger partial charge in [0.1, 0.15) is 13.2 Å². The molecule has 3 rings (SSSR count). The van der Waals surface area contributed by atoms with Crippen molar-refractivity contribution in [2.75, 3.05) is 13.7 Å². The van der Waals surface area contributed by atoms with Gasteiger partial charge in [-0.05, 0) is 23.8 Å². The molecule has 26 heavy (non-hydrogen) atoms. The molecule has 134 valence electrons. The van der Waals surface area contributed by atoms with Crippen LogP contribution in [0.25, 0.3) is 11.1 Å². The van der Waals surface area contributed by atoms with Crippen LogP contribution in [0.5, 0.6) is 0 Å². The van der Waals surface area contributed by atoms with Crippen LogP contribution in [-0.4, -0.2) is 47.3 Å². The summed E-state index contributed by atoms with van der Waals surface area (Å²) in [5.74, 6) is -1.42. The topological polar surface area (TPSA) is 79.2 Å². The summed E-state index contributed by atoms with van der Waals surface area (Å²) in [5.41, 5.74) is 2.68. The van der Waals surface area contributed by atoms with E-state index in [1.54, 1.807) is 30.3 Å². The van der Waals surface area contributed by atoms with Crippen LogP contribution in [0.4, 0.5) is 0 Å². The van der Waals surface area contributed by atoms with Crippen molar-refractivity contribution >= 4 is 29.2 Å². The Kier molecular flexibility index (Phi) is 5.23. The Morgan fingerprint density at radius 3 is 2.50 bits per heavy atom. The van der Waals surface area contributed by atoms with Crippen molar-refractivity contribution in [3.8, 4) is 11.1 Å². The number of carboxylic acids is 1. The maximum Gasteiger partial charge on any atom is 0.326 e. The van der Waals surface area contributed by atoms with Crippen molar-refractivity contribution < 1.29 is 19.5 Å². The first-order valence-electron chi connectivity index (χ1n) is 7.99.